The molecule has 1 aliphatic heterocycles. The summed E-state index contributed by atoms with van der Waals surface area (Å²) in [6, 6.07) is 3.40. The Bertz CT molecular complexity index is 1330. The second-order valence-corrected chi connectivity index (χ2v) is 12.2. The number of aryl methyl sites for hydroxylation is 1. The van der Waals surface area contributed by atoms with Gasteiger partial charge >= 0.3 is 24.0 Å². The van der Waals surface area contributed by atoms with Gasteiger partial charge < -0.3 is 28.4 Å². The van der Waals surface area contributed by atoms with Gasteiger partial charge in [0, 0.05) is 44.2 Å². The first kappa shape index (κ1) is 36.8. The molecule has 0 bridgehead atoms. The van der Waals surface area contributed by atoms with Crippen molar-refractivity contribution in [3.05, 3.63) is 41.5 Å². The molecular formula is C32H45N3O10. The molecule has 0 atom stereocenters. The number of carbonyl (C=O) groups excluding carboxylic acids is 4. The van der Waals surface area contributed by atoms with Crippen molar-refractivity contribution >= 4 is 29.7 Å². The Morgan fingerprint density at radius 1 is 0.867 bits per heavy atom. The molecule has 0 saturated heterocycles. The Labute approximate surface area is 264 Å². The third-order valence-electron chi connectivity index (χ3n) is 5.54. The number of hydrogen-bond acceptors (Lipinski definition) is 12. The predicted octanol–water partition coefficient (Wildman–Crippen LogP) is 5.23. The van der Waals surface area contributed by atoms with Crippen molar-refractivity contribution in [3.8, 4) is 11.5 Å². The van der Waals surface area contributed by atoms with E-state index >= 15 is 0 Å². The summed E-state index contributed by atoms with van der Waals surface area (Å²) in [6.45, 7) is 16.9. The van der Waals surface area contributed by atoms with Crippen molar-refractivity contribution in [3.63, 3.8) is 0 Å². The molecule has 0 radical (unpaired) electrons. The molecule has 13 heteroatoms. The average Bonchev–Trinajstić information content (AvgIpc) is 2.92. The molecule has 45 heavy (non-hydrogen) atoms. The van der Waals surface area contributed by atoms with Crippen LogP contribution in [0.25, 0.3) is 0 Å². The summed E-state index contributed by atoms with van der Waals surface area (Å²) in [5.41, 5.74) is 1.57. The molecule has 3 heterocycles. The molecule has 13 nitrogen and oxygen atoms in total. The summed E-state index contributed by atoms with van der Waals surface area (Å²) < 4.78 is 31.6. The number of pyridine rings is 2. The summed E-state index contributed by atoms with van der Waals surface area (Å²) in [7, 11) is 0. The fourth-order valence-electron chi connectivity index (χ4n) is 3.66. The standard InChI is InChI=1S/C17H25NO5.C15H20N2O5/c1-12-10-18-14(11-22-13(2)19)9-15(12)21-8-6-7-16(20)23-17(3,4)5;1-10(18)21-9-11-7-13-12(8-16-11)17(5-6-20-13)14(19)22-15(2,3)4/h9-10H,6-8,11H2,1-5H3;7-8H,5-6,9H2,1-4H3. The van der Waals surface area contributed by atoms with Crippen LogP contribution in [-0.2, 0) is 46.5 Å². The maximum absolute atomic E-state index is 12.2. The van der Waals surface area contributed by atoms with Crippen molar-refractivity contribution in [2.24, 2.45) is 0 Å². The first-order chi connectivity index (χ1) is 20.9. The highest BCUT2D eigenvalue weighted by Gasteiger charge is 2.29. The summed E-state index contributed by atoms with van der Waals surface area (Å²) in [4.78, 5) is 55.3. The van der Waals surface area contributed by atoms with Crippen LogP contribution in [0.4, 0.5) is 10.5 Å². The number of amides is 1. The number of fused-ring (bicyclic) bond motifs is 1. The van der Waals surface area contributed by atoms with Gasteiger partial charge in [-0.3, -0.25) is 29.3 Å². The Morgan fingerprint density at radius 3 is 2.02 bits per heavy atom. The van der Waals surface area contributed by atoms with Crippen molar-refractivity contribution in [2.45, 2.75) is 99.6 Å². The van der Waals surface area contributed by atoms with E-state index in [2.05, 4.69) is 9.97 Å². The van der Waals surface area contributed by atoms with Gasteiger partial charge in [0.05, 0.1) is 30.7 Å². The lowest BCUT2D eigenvalue weighted by molar-refractivity contribution is -0.155. The largest absolute Gasteiger partial charge is 0.493 e. The van der Waals surface area contributed by atoms with E-state index in [1.807, 2.05) is 48.5 Å². The number of anilines is 1. The Morgan fingerprint density at radius 2 is 1.44 bits per heavy atom. The number of aromatic nitrogens is 2. The molecule has 1 aliphatic rings. The molecule has 1 amide bonds. The zero-order valence-electron chi connectivity index (χ0n) is 27.7. The monoisotopic (exact) mass is 631 g/mol. The molecule has 2 aromatic rings. The smallest absolute Gasteiger partial charge is 0.415 e. The quantitative estimate of drug-likeness (QED) is 0.202. The number of rotatable bonds is 9. The fraction of sp³-hybridized carbons (Fsp3) is 0.562. The van der Waals surface area contributed by atoms with Gasteiger partial charge in [0.15, 0.2) is 0 Å². The maximum atomic E-state index is 12.2. The molecule has 2 aromatic heterocycles. The lowest BCUT2D eigenvalue weighted by atomic mass is 10.2. The van der Waals surface area contributed by atoms with Crippen LogP contribution in [-0.4, -0.2) is 64.9 Å². The molecule has 0 aliphatic carbocycles. The minimum Gasteiger partial charge on any atom is -0.493 e. The van der Waals surface area contributed by atoms with Crippen molar-refractivity contribution in [2.75, 3.05) is 24.7 Å². The number of ether oxygens (including phenoxy) is 6. The highest BCUT2D eigenvalue weighted by molar-refractivity contribution is 5.90. The van der Waals surface area contributed by atoms with Crippen LogP contribution in [0.5, 0.6) is 11.5 Å². The van der Waals surface area contributed by atoms with Gasteiger partial charge in [-0.2, -0.15) is 0 Å². The van der Waals surface area contributed by atoms with Gasteiger partial charge in [-0.25, -0.2) is 4.79 Å². The van der Waals surface area contributed by atoms with Crippen LogP contribution in [0.2, 0.25) is 0 Å². The predicted molar refractivity (Wildman–Crippen MR) is 164 cm³/mol. The Balaban J connectivity index is 0.000000314. The van der Waals surface area contributed by atoms with E-state index in [0.29, 0.717) is 61.2 Å². The first-order valence-corrected chi connectivity index (χ1v) is 14.6. The summed E-state index contributed by atoms with van der Waals surface area (Å²) >= 11 is 0. The summed E-state index contributed by atoms with van der Waals surface area (Å²) in [6.07, 6.45) is 3.63. The van der Waals surface area contributed by atoms with Crippen molar-refractivity contribution in [1.29, 1.82) is 0 Å². The normalized spacial score (nSPS) is 12.4. The molecule has 0 saturated carbocycles. The van der Waals surface area contributed by atoms with Gasteiger partial charge in [-0.1, -0.05) is 0 Å². The molecule has 0 N–H and O–H groups in total. The van der Waals surface area contributed by atoms with Gasteiger partial charge in [0.25, 0.3) is 0 Å². The zero-order valence-corrected chi connectivity index (χ0v) is 27.7. The van der Waals surface area contributed by atoms with Gasteiger partial charge in [-0.15, -0.1) is 0 Å². The van der Waals surface area contributed by atoms with E-state index in [1.54, 1.807) is 18.3 Å². The number of hydrogen-bond donors (Lipinski definition) is 0. The average molecular weight is 632 g/mol. The van der Waals surface area contributed by atoms with Crippen LogP contribution >= 0.6 is 0 Å². The van der Waals surface area contributed by atoms with Crippen LogP contribution in [0.15, 0.2) is 24.5 Å². The highest BCUT2D eigenvalue weighted by Crippen LogP contribution is 2.32. The van der Waals surface area contributed by atoms with Gasteiger partial charge in [-0.05, 0) is 54.9 Å². The first-order valence-electron chi connectivity index (χ1n) is 14.6. The molecule has 248 valence electrons. The summed E-state index contributed by atoms with van der Waals surface area (Å²) in [5, 5.41) is 0. The third kappa shape index (κ3) is 14.3. The SMILES string of the molecule is CC(=O)OCc1cc(OCCCC(=O)OC(C)(C)C)c(C)cn1.CC(=O)OCc1cc2c(cn1)N(C(=O)OC(C)(C)C)CCO2. The van der Waals surface area contributed by atoms with Crippen LogP contribution in [0, 0.1) is 6.92 Å². The lowest BCUT2D eigenvalue weighted by Gasteiger charge is -2.31. The maximum Gasteiger partial charge on any atom is 0.415 e. The second kappa shape index (κ2) is 16.6. The number of esters is 3. The van der Waals surface area contributed by atoms with Crippen LogP contribution in [0.3, 0.4) is 0 Å². The summed E-state index contributed by atoms with van der Waals surface area (Å²) in [5.74, 6) is 0.228. The minimum absolute atomic E-state index is 0.0679. The van der Waals surface area contributed by atoms with E-state index in [0.717, 1.165) is 5.56 Å². The highest BCUT2D eigenvalue weighted by atomic mass is 16.6. The topological polar surface area (TPSA) is 153 Å². The zero-order chi connectivity index (χ0) is 33.8. The molecule has 0 unspecified atom stereocenters. The Kier molecular flexibility index (Phi) is 13.6. The number of carbonyl (C=O) groups is 4. The molecular weight excluding hydrogens is 586 g/mol. The fourth-order valence-corrected chi connectivity index (χ4v) is 3.66. The van der Waals surface area contributed by atoms with Crippen molar-refractivity contribution < 1.29 is 47.6 Å². The third-order valence-corrected chi connectivity index (χ3v) is 5.54. The van der Waals surface area contributed by atoms with Crippen LogP contribution < -0.4 is 14.4 Å². The van der Waals surface area contributed by atoms with Crippen LogP contribution in [0.1, 0.15) is 85.2 Å². The minimum atomic E-state index is -0.571. The van der Waals surface area contributed by atoms with Gasteiger partial charge in [0.1, 0.15) is 48.2 Å². The molecule has 0 spiro atoms. The molecule has 0 aromatic carbocycles. The Hall–Kier alpha value is -4.42. The lowest BCUT2D eigenvalue weighted by Crippen LogP contribution is -2.41. The van der Waals surface area contributed by atoms with E-state index in [4.69, 9.17) is 28.4 Å². The number of nitrogens with zero attached hydrogens (tertiary/aromatic N) is 3. The second-order valence-electron chi connectivity index (χ2n) is 12.2. The van der Waals surface area contributed by atoms with E-state index in [1.165, 1.54) is 24.9 Å². The van der Waals surface area contributed by atoms with Crippen molar-refractivity contribution in [1.82, 2.24) is 9.97 Å². The molecule has 0 fully saturated rings. The van der Waals surface area contributed by atoms with Gasteiger partial charge in [0.2, 0.25) is 0 Å². The van der Waals surface area contributed by atoms with E-state index < -0.39 is 17.3 Å². The van der Waals surface area contributed by atoms with E-state index in [9.17, 15) is 19.2 Å². The van der Waals surface area contributed by atoms with E-state index in [-0.39, 0.29) is 31.1 Å². The molecule has 3 rings (SSSR count).